The van der Waals surface area contributed by atoms with Crippen LogP contribution in [-0.4, -0.2) is 23.3 Å². The molecule has 1 aromatic rings. The molecule has 0 saturated carbocycles. The van der Waals surface area contributed by atoms with Gasteiger partial charge in [0.05, 0.1) is 6.07 Å². The lowest BCUT2D eigenvalue weighted by atomic mass is 10.0. The molecule has 0 saturated heterocycles. The number of unbranched alkanes of at least 4 members (excludes halogenated alkanes) is 1. The van der Waals surface area contributed by atoms with Crippen LogP contribution in [0.4, 0.5) is 26.3 Å². The minimum atomic E-state index is -5.04. The molecule has 0 spiro atoms. The van der Waals surface area contributed by atoms with Crippen molar-refractivity contribution in [1.29, 1.82) is 5.26 Å². The molecule has 0 radical (unpaired) electrons. The quantitative estimate of drug-likeness (QED) is 0.248. The number of rotatable bonds is 9. The highest BCUT2D eigenvalue weighted by molar-refractivity contribution is 8.03. The highest BCUT2D eigenvalue weighted by atomic mass is 32.2. The van der Waals surface area contributed by atoms with Crippen LogP contribution in [0.15, 0.2) is 34.7 Å². The van der Waals surface area contributed by atoms with E-state index in [0.717, 1.165) is 24.3 Å². The van der Waals surface area contributed by atoms with Crippen molar-refractivity contribution in [2.24, 2.45) is 0 Å². The summed E-state index contributed by atoms with van der Waals surface area (Å²) in [5.41, 5.74) is -5.33. The third kappa shape index (κ3) is 8.31. The van der Waals surface area contributed by atoms with Crippen molar-refractivity contribution in [3.05, 3.63) is 45.9 Å². The number of thioether (sulfide) groups is 1. The molecule has 1 rings (SSSR count). The van der Waals surface area contributed by atoms with Crippen LogP contribution < -0.4 is 0 Å². The second-order valence-corrected chi connectivity index (χ2v) is 7.15. The number of halogens is 6. The number of alkyl halides is 6. The fourth-order valence-corrected chi connectivity index (χ4v) is 3.15. The summed E-state index contributed by atoms with van der Waals surface area (Å²) in [5, 5.41) is 9.21. The van der Waals surface area contributed by atoms with Crippen molar-refractivity contribution in [3.8, 4) is 6.07 Å². The van der Waals surface area contributed by atoms with Crippen LogP contribution in [-0.2, 0) is 0 Å². The first-order valence-electron chi connectivity index (χ1n) is 8.51. The zero-order valence-electron chi connectivity index (χ0n) is 15.3. The number of allylic oxidation sites excluding steroid dienone is 2. The molecule has 10 heteroatoms. The minimum Gasteiger partial charge on any atom is -0.294 e. The van der Waals surface area contributed by atoms with E-state index in [9.17, 15) is 41.2 Å². The predicted molar refractivity (Wildman–Crippen MR) is 96.2 cm³/mol. The molecule has 0 unspecified atom stereocenters. The second-order valence-electron chi connectivity index (χ2n) is 5.99. The average molecular weight is 437 g/mol. The van der Waals surface area contributed by atoms with Gasteiger partial charge in [-0.15, -0.1) is 0 Å². The van der Waals surface area contributed by atoms with Gasteiger partial charge in [0.15, 0.2) is 5.78 Å². The normalized spacial score (nSPS) is 12.9. The molecule has 0 aromatic heterocycles. The highest BCUT2D eigenvalue weighted by Gasteiger charge is 2.39. The fourth-order valence-electron chi connectivity index (χ4n) is 2.35. The van der Waals surface area contributed by atoms with E-state index in [1.165, 1.54) is 0 Å². The van der Waals surface area contributed by atoms with E-state index in [4.69, 9.17) is 0 Å². The lowest BCUT2D eigenvalue weighted by molar-refractivity contribution is -0.0885. The number of nitrogens with zero attached hydrogens (tertiary/aromatic N) is 1. The van der Waals surface area contributed by atoms with Gasteiger partial charge in [-0.1, -0.05) is 37.6 Å². The van der Waals surface area contributed by atoms with Crippen LogP contribution in [0, 0.1) is 11.3 Å². The lowest BCUT2D eigenvalue weighted by Gasteiger charge is -2.12. The lowest BCUT2D eigenvalue weighted by Crippen LogP contribution is -2.22. The Hall–Kier alpha value is -2.28. The van der Waals surface area contributed by atoms with Gasteiger partial charge in [-0.3, -0.25) is 9.59 Å². The SMILES string of the molecule is CCCC/C(SC(F)(F)F)=C(\C#N)CCC(=O)c1ccc(C(=O)C(F)(F)F)cc1. The van der Waals surface area contributed by atoms with Crippen LogP contribution in [0.1, 0.15) is 59.7 Å². The Kier molecular flexibility index (Phi) is 8.95. The van der Waals surface area contributed by atoms with Gasteiger partial charge in [-0.05, 0) is 31.0 Å². The maximum atomic E-state index is 12.7. The molecule has 29 heavy (non-hydrogen) atoms. The molecular formula is C19H17F6NO2S. The second kappa shape index (κ2) is 10.5. The van der Waals surface area contributed by atoms with Gasteiger partial charge in [-0.25, -0.2) is 0 Å². The topological polar surface area (TPSA) is 57.9 Å². The standard InChI is InChI=1S/C19H17F6NO2S/c1-2-3-4-16(29-19(23,24)25)14(11-26)9-10-15(27)12-5-7-13(8-6-12)17(28)18(20,21)22/h5-8H,2-4,9-10H2,1H3/b16-14+. The first-order chi connectivity index (χ1) is 13.4. The molecule has 1 aromatic carbocycles. The molecule has 0 aliphatic carbocycles. The third-order valence-electron chi connectivity index (χ3n) is 3.80. The molecule has 0 bridgehead atoms. The molecule has 0 N–H and O–H groups in total. The van der Waals surface area contributed by atoms with Crippen LogP contribution >= 0.6 is 11.8 Å². The molecule has 158 valence electrons. The monoisotopic (exact) mass is 437 g/mol. The van der Waals surface area contributed by atoms with Crippen molar-refractivity contribution < 1.29 is 35.9 Å². The zero-order chi connectivity index (χ0) is 22.2. The number of nitriles is 1. The Morgan fingerprint density at radius 1 is 0.966 bits per heavy atom. The maximum Gasteiger partial charge on any atom is 0.454 e. The van der Waals surface area contributed by atoms with E-state index in [1.807, 2.05) is 0 Å². The van der Waals surface area contributed by atoms with E-state index >= 15 is 0 Å². The summed E-state index contributed by atoms with van der Waals surface area (Å²) >= 11 is -0.369. The smallest absolute Gasteiger partial charge is 0.294 e. The van der Waals surface area contributed by atoms with E-state index in [2.05, 4.69) is 0 Å². The van der Waals surface area contributed by atoms with Crippen molar-refractivity contribution in [3.63, 3.8) is 0 Å². The van der Waals surface area contributed by atoms with E-state index in [-0.39, 0.29) is 47.1 Å². The third-order valence-corrected chi connectivity index (χ3v) is 4.72. The number of ketones is 2. The Morgan fingerprint density at radius 3 is 1.97 bits per heavy atom. The van der Waals surface area contributed by atoms with Crippen molar-refractivity contribution in [2.75, 3.05) is 0 Å². The molecule has 0 fully saturated rings. The zero-order valence-corrected chi connectivity index (χ0v) is 16.1. The first kappa shape index (κ1) is 24.8. The minimum absolute atomic E-state index is 0.000373. The van der Waals surface area contributed by atoms with Gasteiger partial charge >= 0.3 is 11.7 Å². The van der Waals surface area contributed by atoms with Crippen LogP contribution in [0.5, 0.6) is 0 Å². The summed E-state index contributed by atoms with van der Waals surface area (Å²) in [5.74, 6) is -2.61. The number of hydrogen-bond donors (Lipinski definition) is 0. The molecule has 0 amide bonds. The summed E-state index contributed by atoms with van der Waals surface area (Å²) in [4.78, 5) is 23.2. The Morgan fingerprint density at radius 2 is 1.52 bits per heavy atom. The predicted octanol–water partition coefficient (Wildman–Crippen LogP) is 6.62. The van der Waals surface area contributed by atoms with Crippen molar-refractivity contribution in [2.45, 2.75) is 50.7 Å². The van der Waals surface area contributed by atoms with Gasteiger partial charge in [-0.2, -0.15) is 31.6 Å². The number of hydrogen-bond acceptors (Lipinski definition) is 4. The summed E-state index contributed by atoms with van der Waals surface area (Å²) < 4.78 is 75.3. The largest absolute Gasteiger partial charge is 0.454 e. The summed E-state index contributed by atoms with van der Waals surface area (Å²) in [6, 6.07) is 5.52. The summed E-state index contributed by atoms with van der Waals surface area (Å²) in [7, 11) is 0. The summed E-state index contributed by atoms with van der Waals surface area (Å²) in [6.07, 6.45) is -4.41. The number of Topliss-reactive ketones (excluding diaryl/α,β-unsaturated/α-hetero) is 2. The average Bonchev–Trinajstić information content (AvgIpc) is 2.63. The van der Waals surface area contributed by atoms with E-state index in [1.54, 1.807) is 13.0 Å². The molecule has 0 atom stereocenters. The Balaban J connectivity index is 2.91. The number of benzene rings is 1. The first-order valence-corrected chi connectivity index (χ1v) is 9.33. The Bertz CT molecular complexity index is 804. The number of carbonyl (C=O) groups excluding carboxylic acids is 2. The molecular weight excluding hydrogens is 420 g/mol. The van der Waals surface area contributed by atoms with Gasteiger partial charge in [0.25, 0.3) is 5.78 Å². The Labute approximate surface area is 167 Å². The summed E-state index contributed by atoms with van der Waals surface area (Å²) in [6.45, 7) is 1.79. The fraction of sp³-hybridized carbons (Fsp3) is 0.421. The van der Waals surface area contributed by atoms with Gasteiger partial charge in [0.1, 0.15) is 0 Å². The van der Waals surface area contributed by atoms with Crippen LogP contribution in [0.2, 0.25) is 0 Å². The molecule has 3 nitrogen and oxygen atoms in total. The van der Waals surface area contributed by atoms with Crippen LogP contribution in [0.3, 0.4) is 0 Å². The van der Waals surface area contributed by atoms with Crippen molar-refractivity contribution >= 4 is 23.3 Å². The molecule has 0 heterocycles. The van der Waals surface area contributed by atoms with Gasteiger partial charge in [0, 0.05) is 28.0 Å². The van der Waals surface area contributed by atoms with Crippen LogP contribution in [0.25, 0.3) is 0 Å². The number of carbonyl (C=O) groups is 2. The highest BCUT2D eigenvalue weighted by Crippen LogP contribution is 2.40. The van der Waals surface area contributed by atoms with Gasteiger partial charge < -0.3 is 0 Å². The maximum absolute atomic E-state index is 12.7. The van der Waals surface area contributed by atoms with E-state index < -0.39 is 28.8 Å². The molecule has 0 aliphatic heterocycles. The van der Waals surface area contributed by atoms with Gasteiger partial charge in [0.2, 0.25) is 0 Å². The molecule has 0 aliphatic rings. The van der Waals surface area contributed by atoms with Crippen molar-refractivity contribution in [1.82, 2.24) is 0 Å². The van der Waals surface area contributed by atoms with E-state index in [0.29, 0.717) is 12.8 Å².